The van der Waals surface area contributed by atoms with E-state index in [4.69, 9.17) is 23.2 Å². The second kappa shape index (κ2) is 6.13. The number of rotatable bonds is 3. The van der Waals surface area contributed by atoms with Crippen LogP contribution in [0.3, 0.4) is 0 Å². The monoisotopic (exact) mass is 336 g/mol. The predicted molar refractivity (Wildman–Crippen MR) is 73.6 cm³/mol. The lowest BCUT2D eigenvalue weighted by Crippen LogP contribution is -2.17. The van der Waals surface area contributed by atoms with Crippen molar-refractivity contribution in [3.63, 3.8) is 0 Å². The van der Waals surface area contributed by atoms with E-state index in [2.05, 4.69) is 4.74 Å². The zero-order chi connectivity index (χ0) is 15.6. The summed E-state index contributed by atoms with van der Waals surface area (Å²) in [6, 6.07) is 9.65. The minimum absolute atomic E-state index is 0.197. The molecule has 7 heteroatoms. The van der Waals surface area contributed by atoms with Gasteiger partial charge in [-0.05, 0) is 23.8 Å². The Bertz CT molecular complexity index is 627. The van der Waals surface area contributed by atoms with Crippen molar-refractivity contribution in [2.45, 2.75) is 12.5 Å². The normalized spacial score (nSPS) is 13.0. The summed E-state index contributed by atoms with van der Waals surface area (Å²) in [6.07, 6.45) is -5.85. The van der Waals surface area contributed by atoms with Gasteiger partial charge < -0.3 is 9.84 Å². The Balaban J connectivity index is 2.24. The molecule has 0 amide bonds. The lowest BCUT2D eigenvalue weighted by atomic mass is 10.0. The van der Waals surface area contributed by atoms with Crippen molar-refractivity contribution in [1.82, 2.24) is 0 Å². The molecule has 0 aliphatic rings. The van der Waals surface area contributed by atoms with E-state index in [0.717, 1.165) is 12.1 Å². The van der Waals surface area contributed by atoms with Crippen LogP contribution in [0.25, 0.3) is 0 Å². The van der Waals surface area contributed by atoms with Crippen LogP contribution in [0.15, 0.2) is 42.5 Å². The summed E-state index contributed by atoms with van der Waals surface area (Å²) in [5, 5.41) is 10.7. The summed E-state index contributed by atoms with van der Waals surface area (Å²) in [5.41, 5.74) is 0.738. The van der Waals surface area contributed by atoms with Crippen molar-refractivity contribution in [2.75, 3.05) is 0 Å². The third kappa shape index (κ3) is 4.03. The van der Waals surface area contributed by atoms with Crippen molar-refractivity contribution in [3.8, 4) is 5.75 Å². The highest BCUT2D eigenvalue weighted by Crippen LogP contribution is 2.34. The first-order chi connectivity index (χ1) is 9.78. The van der Waals surface area contributed by atoms with E-state index in [1.807, 2.05) is 0 Å². The summed E-state index contributed by atoms with van der Waals surface area (Å²) < 4.78 is 39.9. The van der Waals surface area contributed by atoms with Crippen LogP contribution in [0.1, 0.15) is 17.2 Å². The van der Waals surface area contributed by atoms with Gasteiger partial charge in [-0.1, -0.05) is 47.5 Å². The zero-order valence-corrected chi connectivity index (χ0v) is 11.9. The maximum atomic E-state index is 12.1. The fraction of sp³-hybridized carbons (Fsp3) is 0.143. The van der Waals surface area contributed by atoms with Gasteiger partial charge in [-0.15, -0.1) is 13.2 Å². The van der Waals surface area contributed by atoms with E-state index in [-0.39, 0.29) is 15.8 Å². The highest BCUT2D eigenvalue weighted by Gasteiger charge is 2.31. The van der Waals surface area contributed by atoms with Crippen LogP contribution in [0.2, 0.25) is 10.0 Å². The van der Waals surface area contributed by atoms with Crippen LogP contribution in [0.5, 0.6) is 5.75 Å². The van der Waals surface area contributed by atoms with Crippen molar-refractivity contribution in [1.29, 1.82) is 0 Å². The third-order valence-electron chi connectivity index (χ3n) is 2.71. The number of aliphatic hydroxyl groups is 1. The van der Waals surface area contributed by atoms with E-state index < -0.39 is 12.5 Å². The Morgan fingerprint density at radius 1 is 1.00 bits per heavy atom. The van der Waals surface area contributed by atoms with Gasteiger partial charge in [0.15, 0.2) is 0 Å². The molecule has 0 bridgehead atoms. The quantitative estimate of drug-likeness (QED) is 0.857. The van der Waals surface area contributed by atoms with Crippen LogP contribution in [0, 0.1) is 0 Å². The molecule has 0 heterocycles. The molecule has 0 radical (unpaired) electrons. The Labute approximate surface area is 128 Å². The Morgan fingerprint density at radius 3 is 2.19 bits per heavy atom. The molecule has 0 saturated heterocycles. The number of benzene rings is 2. The number of hydrogen-bond acceptors (Lipinski definition) is 2. The van der Waals surface area contributed by atoms with Gasteiger partial charge in [0.25, 0.3) is 0 Å². The molecule has 0 fully saturated rings. The Hall–Kier alpha value is -1.43. The summed E-state index contributed by atoms with van der Waals surface area (Å²) in [4.78, 5) is 0. The van der Waals surface area contributed by atoms with E-state index in [0.29, 0.717) is 11.1 Å². The predicted octanol–water partition coefficient (Wildman–Crippen LogP) is 4.97. The number of hydrogen-bond donors (Lipinski definition) is 1. The lowest BCUT2D eigenvalue weighted by molar-refractivity contribution is -0.274. The average Bonchev–Trinajstić information content (AvgIpc) is 2.40. The van der Waals surface area contributed by atoms with Crippen LogP contribution in [-0.2, 0) is 0 Å². The highest BCUT2D eigenvalue weighted by molar-refractivity contribution is 6.42. The van der Waals surface area contributed by atoms with Crippen LogP contribution >= 0.6 is 23.2 Å². The standard InChI is InChI=1S/C14H9Cl2F3O2/c15-11-3-1-2-10(12(11)16)13(20)8-4-6-9(7-5-8)21-14(17,18)19/h1-7,13,20H. The fourth-order valence-electron chi connectivity index (χ4n) is 1.76. The molecule has 21 heavy (non-hydrogen) atoms. The fourth-order valence-corrected chi connectivity index (χ4v) is 2.17. The van der Waals surface area contributed by atoms with E-state index >= 15 is 0 Å². The van der Waals surface area contributed by atoms with E-state index in [1.54, 1.807) is 18.2 Å². The molecule has 2 nitrogen and oxygen atoms in total. The van der Waals surface area contributed by atoms with Crippen molar-refractivity contribution in [3.05, 3.63) is 63.6 Å². The van der Waals surface area contributed by atoms with Crippen LogP contribution in [-0.4, -0.2) is 11.5 Å². The molecule has 0 spiro atoms. The van der Waals surface area contributed by atoms with Gasteiger partial charge in [0.1, 0.15) is 11.9 Å². The SMILES string of the molecule is OC(c1ccc(OC(F)(F)F)cc1)c1cccc(Cl)c1Cl. The molecule has 1 N–H and O–H groups in total. The molecular weight excluding hydrogens is 328 g/mol. The Kier molecular flexibility index (Phi) is 4.66. The van der Waals surface area contributed by atoms with Gasteiger partial charge in [0.05, 0.1) is 10.0 Å². The topological polar surface area (TPSA) is 29.5 Å². The van der Waals surface area contributed by atoms with E-state index in [1.165, 1.54) is 12.1 Å². The lowest BCUT2D eigenvalue weighted by Gasteiger charge is -2.15. The van der Waals surface area contributed by atoms with Crippen LogP contribution < -0.4 is 4.74 Å². The smallest absolute Gasteiger partial charge is 0.406 e. The number of halogens is 5. The molecule has 0 aliphatic carbocycles. The van der Waals surface area contributed by atoms with Gasteiger partial charge in [0, 0.05) is 5.56 Å². The second-order valence-corrected chi connectivity index (χ2v) is 4.95. The minimum Gasteiger partial charge on any atom is -0.406 e. The van der Waals surface area contributed by atoms with Gasteiger partial charge >= 0.3 is 6.36 Å². The van der Waals surface area contributed by atoms with Gasteiger partial charge in [0.2, 0.25) is 0 Å². The first-order valence-electron chi connectivity index (χ1n) is 5.75. The largest absolute Gasteiger partial charge is 0.573 e. The van der Waals surface area contributed by atoms with Gasteiger partial charge in [-0.2, -0.15) is 0 Å². The molecule has 2 aromatic carbocycles. The number of alkyl halides is 3. The zero-order valence-electron chi connectivity index (χ0n) is 10.4. The molecule has 1 atom stereocenters. The van der Waals surface area contributed by atoms with Gasteiger partial charge in [-0.25, -0.2) is 0 Å². The van der Waals surface area contributed by atoms with Crippen molar-refractivity contribution < 1.29 is 23.0 Å². The molecular formula is C14H9Cl2F3O2. The first kappa shape index (κ1) is 15.9. The van der Waals surface area contributed by atoms with Crippen molar-refractivity contribution in [2.24, 2.45) is 0 Å². The summed E-state index contributed by atoms with van der Waals surface area (Å²) in [6.45, 7) is 0. The van der Waals surface area contributed by atoms with Crippen molar-refractivity contribution >= 4 is 23.2 Å². The summed E-state index contributed by atoms with van der Waals surface area (Å²) in [7, 11) is 0. The first-order valence-corrected chi connectivity index (χ1v) is 6.51. The number of aliphatic hydroxyl groups excluding tert-OH is 1. The Morgan fingerprint density at radius 2 is 1.62 bits per heavy atom. The van der Waals surface area contributed by atoms with Gasteiger partial charge in [-0.3, -0.25) is 0 Å². The second-order valence-electron chi connectivity index (χ2n) is 4.16. The average molecular weight is 337 g/mol. The van der Waals surface area contributed by atoms with Crippen LogP contribution in [0.4, 0.5) is 13.2 Å². The summed E-state index contributed by atoms with van der Waals surface area (Å²) >= 11 is 11.8. The summed E-state index contributed by atoms with van der Waals surface area (Å²) in [5.74, 6) is -0.365. The minimum atomic E-state index is -4.75. The third-order valence-corrected chi connectivity index (χ3v) is 3.54. The molecule has 1 unspecified atom stereocenters. The number of ether oxygens (including phenoxy) is 1. The molecule has 2 aromatic rings. The molecule has 2 rings (SSSR count). The maximum Gasteiger partial charge on any atom is 0.573 e. The maximum absolute atomic E-state index is 12.1. The highest BCUT2D eigenvalue weighted by atomic mass is 35.5. The molecule has 0 aromatic heterocycles. The molecule has 0 aliphatic heterocycles. The molecule has 0 saturated carbocycles. The van der Waals surface area contributed by atoms with E-state index in [9.17, 15) is 18.3 Å². The molecule has 112 valence electrons.